The molecule has 0 saturated carbocycles. The maximum Gasteiger partial charge on any atom is 0.258 e. The molecule has 3 rings (SSSR count). The second-order valence-corrected chi connectivity index (χ2v) is 6.92. The minimum Gasteiger partial charge on any atom is -0.484 e. The Hall–Kier alpha value is -2.99. The molecule has 0 spiro atoms. The van der Waals surface area contributed by atoms with Crippen molar-refractivity contribution in [2.45, 2.75) is 13.0 Å². The average Bonchev–Trinajstić information content (AvgIpc) is 3.20. The Bertz CT molecular complexity index is 906. The quantitative estimate of drug-likeness (QED) is 0.616. The highest BCUT2D eigenvalue weighted by atomic mass is 32.1. The van der Waals surface area contributed by atoms with E-state index in [-0.39, 0.29) is 30.2 Å². The number of thiophene rings is 1. The molecule has 1 aromatic heterocycles. The largest absolute Gasteiger partial charge is 0.484 e. The number of rotatable bonds is 7. The zero-order chi connectivity index (χ0) is 19.2. The highest BCUT2D eigenvalue weighted by Crippen LogP contribution is 2.26. The fourth-order valence-corrected chi connectivity index (χ4v) is 3.37. The number of hydrogen-bond acceptors (Lipinski definition) is 4. The number of carbonyl (C=O) groups is 2. The number of ether oxygens (including phenoxy) is 1. The molecule has 4 nitrogen and oxygen atoms in total. The third-order valence-electron chi connectivity index (χ3n) is 3.97. The number of ketones is 1. The van der Waals surface area contributed by atoms with E-state index in [1.165, 1.54) is 30.4 Å². The van der Waals surface area contributed by atoms with E-state index in [2.05, 4.69) is 5.32 Å². The van der Waals surface area contributed by atoms with Gasteiger partial charge in [0.05, 0.1) is 6.04 Å². The van der Waals surface area contributed by atoms with E-state index in [1.807, 2.05) is 17.5 Å². The maximum absolute atomic E-state index is 13.2. The Morgan fingerprint density at radius 1 is 1.07 bits per heavy atom. The molecule has 0 aliphatic carbocycles. The number of amides is 1. The molecule has 0 saturated heterocycles. The van der Waals surface area contributed by atoms with Crippen molar-refractivity contribution in [2.75, 3.05) is 6.61 Å². The molecule has 0 aliphatic rings. The van der Waals surface area contributed by atoms with Gasteiger partial charge in [0.2, 0.25) is 0 Å². The molecule has 27 heavy (non-hydrogen) atoms. The summed E-state index contributed by atoms with van der Waals surface area (Å²) in [6.07, 6.45) is 0. The predicted octanol–water partition coefficient (Wildman–Crippen LogP) is 4.37. The summed E-state index contributed by atoms with van der Waals surface area (Å²) in [6, 6.07) is 16.1. The predicted molar refractivity (Wildman–Crippen MR) is 103 cm³/mol. The molecule has 0 fully saturated rings. The number of halogens is 1. The normalized spacial score (nSPS) is 11.6. The van der Waals surface area contributed by atoms with Crippen molar-refractivity contribution in [3.8, 4) is 5.75 Å². The molecule has 1 heterocycles. The van der Waals surface area contributed by atoms with Gasteiger partial charge in [-0.05, 0) is 60.3 Å². The van der Waals surface area contributed by atoms with Crippen molar-refractivity contribution < 1.29 is 18.7 Å². The summed E-state index contributed by atoms with van der Waals surface area (Å²) in [5.74, 6) is -0.150. The summed E-state index contributed by atoms with van der Waals surface area (Å²) in [5.41, 5.74) is 1.37. The van der Waals surface area contributed by atoms with Gasteiger partial charge in [-0.15, -0.1) is 11.3 Å². The first-order chi connectivity index (χ1) is 13.0. The van der Waals surface area contributed by atoms with Crippen molar-refractivity contribution in [1.29, 1.82) is 0 Å². The van der Waals surface area contributed by atoms with Crippen LogP contribution >= 0.6 is 11.3 Å². The number of Topliss-reactive ketones (excluding diaryl/α,β-unsaturated/α-hetero) is 1. The van der Waals surface area contributed by atoms with E-state index in [0.717, 1.165) is 10.4 Å². The Balaban J connectivity index is 1.66. The minimum atomic E-state index is -0.373. The third kappa shape index (κ3) is 5.01. The standard InChI is InChI=1S/C21H18FNO3S/c1-14(24)15-6-10-18(11-7-15)26-13-20(25)23-21(19-3-2-12-27-19)16-4-8-17(22)9-5-16/h2-12,21H,13H2,1H3,(H,23,25). The molecule has 138 valence electrons. The van der Waals surface area contributed by atoms with E-state index >= 15 is 0 Å². The lowest BCUT2D eigenvalue weighted by Gasteiger charge is -2.18. The summed E-state index contributed by atoms with van der Waals surface area (Å²) in [4.78, 5) is 24.6. The van der Waals surface area contributed by atoms with Crippen LogP contribution in [0.2, 0.25) is 0 Å². The van der Waals surface area contributed by atoms with Crippen molar-refractivity contribution in [3.63, 3.8) is 0 Å². The molecule has 6 heteroatoms. The fraction of sp³-hybridized carbons (Fsp3) is 0.143. The summed E-state index contributed by atoms with van der Waals surface area (Å²) >= 11 is 1.51. The molecule has 1 unspecified atom stereocenters. The minimum absolute atomic E-state index is 0.0302. The molecule has 2 aromatic carbocycles. The zero-order valence-corrected chi connectivity index (χ0v) is 15.5. The maximum atomic E-state index is 13.2. The zero-order valence-electron chi connectivity index (χ0n) is 14.6. The van der Waals surface area contributed by atoms with E-state index in [9.17, 15) is 14.0 Å². The topological polar surface area (TPSA) is 55.4 Å². The van der Waals surface area contributed by atoms with Crippen molar-refractivity contribution in [1.82, 2.24) is 5.32 Å². The molecular formula is C21H18FNO3S. The van der Waals surface area contributed by atoms with Gasteiger partial charge in [-0.25, -0.2) is 4.39 Å². The van der Waals surface area contributed by atoms with Crippen LogP contribution in [0, 0.1) is 5.82 Å². The second kappa shape index (κ2) is 8.60. The third-order valence-corrected chi connectivity index (χ3v) is 4.90. The summed E-state index contributed by atoms with van der Waals surface area (Å²) in [7, 11) is 0. The Kier molecular flexibility index (Phi) is 5.98. The van der Waals surface area contributed by atoms with Crippen LogP contribution in [0.5, 0.6) is 5.75 Å². The monoisotopic (exact) mass is 383 g/mol. The molecule has 0 bridgehead atoms. The molecule has 1 amide bonds. The van der Waals surface area contributed by atoms with E-state index < -0.39 is 0 Å². The van der Waals surface area contributed by atoms with Gasteiger partial charge in [0.1, 0.15) is 11.6 Å². The highest BCUT2D eigenvalue weighted by molar-refractivity contribution is 7.10. The summed E-state index contributed by atoms with van der Waals surface area (Å²) in [5, 5.41) is 4.85. The molecule has 3 aromatic rings. The van der Waals surface area contributed by atoms with Crippen LogP contribution in [-0.4, -0.2) is 18.3 Å². The van der Waals surface area contributed by atoms with Gasteiger partial charge >= 0.3 is 0 Å². The number of carbonyl (C=O) groups excluding carboxylic acids is 2. The highest BCUT2D eigenvalue weighted by Gasteiger charge is 2.18. The Morgan fingerprint density at radius 2 is 1.78 bits per heavy atom. The molecule has 0 radical (unpaired) electrons. The lowest BCUT2D eigenvalue weighted by atomic mass is 10.1. The SMILES string of the molecule is CC(=O)c1ccc(OCC(=O)NC(c2ccc(F)cc2)c2cccs2)cc1. The second-order valence-electron chi connectivity index (χ2n) is 5.94. The van der Waals surface area contributed by atoms with E-state index in [1.54, 1.807) is 36.4 Å². The lowest BCUT2D eigenvalue weighted by Crippen LogP contribution is -2.32. The van der Waals surface area contributed by atoms with Crippen LogP contribution < -0.4 is 10.1 Å². The summed E-state index contributed by atoms with van der Waals surface area (Å²) < 4.78 is 18.7. The van der Waals surface area contributed by atoms with Gasteiger partial charge in [0.15, 0.2) is 12.4 Å². The number of nitrogens with one attached hydrogen (secondary N) is 1. The van der Waals surface area contributed by atoms with Crippen LogP contribution in [0.15, 0.2) is 66.0 Å². The van der Waals surface area contributed by atoms with Crippen LogP contribution in [0.25, 0.3) is 0 Å². The average molecular weight is 383 g/mol. The molecule has 1 N–H and O–H groups in total. The smallest absolute Gasteiger partial charge is 0.258 e. The first-order valence-corrected chi connectivity index (χ1v) is 9.23. The summed E-state index contributed by atoms with van der Waals surface area (Å²) in [6.45, 7) is 1.33. The lowest BCUT2D eigenvalue weighted by molar-refractivity contribution is -0.123. The van der Waals surface area contributed by atoms with E-state index in [0.29, 0.717) is 11.3 Å². The Labute approximate surface area is 160 Å². The van der Waals surface area contributed by atoms with Crippen LogP contribution in [0.3, 0.4) is 0 Å². The van der Waals surface area contributed by atoms with Gasteiger partial charge in [-0.3, -0.25) is 9.59 Å². The number of benzene rings is 2. The van der Waals surface area contributed by atoms with Crippen molar-refractivity contribution in [3.05, 3.63) is 87.9 Å². The molecular weight excluding hydrogens is 365 g/mol. The van der Waals surface area contributed by atoms with Gasteiger partial charge in [0, 0.05) is 10.4 Å². The van der Waals surface area contributed by atoms with E-state index in [4.69, 9.17) is 4.74 Å². The van der Waals surface area contributed by atoms with Crippen LogP contribution in [0.1, 0.15) is 33.8 Å². The van der Waals surface area contributed by atoms with Gasteiger partial charge < -0.3 is 10.1 Å². The number of hydrogen-bond donors (Lipinski definition) is 1. The molecule has 1 atom stereocenters. The fourth-order valence-electron chi connectivity index (χ4n) is 2.57. The van der Waals surface area contributed by atoms with Crippen molar-refractivity contribution >= 4 is 23.0 Å². The van der Waals surface area contributed by atoms with Crippen LogP contribution in [-0.2, 0) is 4.79 Å². The first-order valence-electron chi connectivity index (χ1n) is 8.35. The Morgan fingerprint density at radius 3 is 2.37 bits per heavy atom. The first kappa shape index (κ1) is 18.8. The van der Waals surface area contributed by atoms with Gasteiger partial charge in [-0.1, -0.05) is 18.2 Å². The van der Waals surface area contributed by atoms with Gasteiger partial charge in [-0.2, -0.15) is 0 Å². The van der Waals surface area contributed by atoms with Gasteiger partial charge in [0.25, 0.3) is 5.91 Å². The van der Waals surface area contributed by atoms with Crippen molar-refractivity contribution in [2.24, 2.45) is 0 Å². The molecule has 0 aliphatic heterocycles. The van der Waals surface area contributed by atoms with Crippen LogP contribution in [0.4, 0.5) is 4.39 Å².